The van der Waals surface area contributed by atoms with Gasteiger partial charge in [-0.2, -0.15) is 8.78 Å². The first-order valence-electron chi connectivity index (χ1n) is 8.60. The van der Waals surface area contributed by atoms with Crippen molar-refractivity contribution in [2.45, 2.75) is 44.8 Å². The van der Waals surface area contributed by atoms with Gasteiger partial charge in [-0.3, -0.25) is 9.36 Å². The van der Waals surface area contributed by atoms with Crippen molar-refractivity contribution >= 4 is 33.3 Å². The molecule has 0 saturated heterocycles. The summed E-state index contributed by atoms with van der Waals surface area (Å²) in [5, 5.41) is 1.32. The van der Waals surface area contributed by atoms with Crippen LogP contribution < -0.4 is 15.0 Å². The molecule has 0 atom stereocenters. The molecule has 0 aliphatic heterocycles. The van der Waals surface area contributed by atoms with Crippen molar-refractivity contribution in [3.63, 3.8) is 0 Å². The van der Waals surface area contributed by atoms with Gasteiger partial charge >= 0.3 is 6.61 Å². The Bertz CT molecular complexity index is 1060. The highest BCUT2D eigenvalue weighted by atomic mass is 32.2. The molecule has 0 bridgehead atoms. The number of halogens is 2. The highest BCUT2D eigenvalue weighted by Crippen LogP contribution is 2.33. The molecular formula is C19H20F2N2O3S2. The molecule has 0 fully saturated rings. The molecule has 0 spiro atoms. The van der Waals surface area contributed by atoms with Crippen molar-refractivity contribution in [1.29, 1.82) is 0 Å². The Morgan fingerprint density at radius 2 is 2.04 bits per heavy atom. The molecule has 28 heavy (non-hydrogen) atoms. The average molecular weight is 427 g/mol. The van der Waals surface area contributed by atoms with E-state index in [1.807, 2.05) is 20.8 Å². The van der Waals surface area contributed by atoms with Gasteiger partial charge in [0.1, 0.15) is 4.83 Å². The first kappa shape index (κ1) is 20.6. The molecule has 0 unspecified atom stereocenters. The number of hydrogen-bond donors (Lipinski definition) is 0. The van der Waals surface area contributed by atoms with Crippen LogP contribution in [0.2, 0.25) is 0 Å². The number of rotatable bonds is 7. The summed E-state index contributed by atoms with van der Waals surface area (Å²) in [6, 6.07) is 4.80. The number of hydrogen-bond acceptors (Lipinski definition) is 6. The predicted octanol–water partition coefficient (Wildman–Crippen LogP) is 5.00. The van der Waals surface area contributed by atoms with Gasteiger partial charge < -0.3 is 9.47 Å². The molecule has 1 aromatic carbocycles. The number of ether oxygens (including phenoxy) is 2. The van der Waals surface area contributed by atoms with E-state index in [0.29, 0.717) is 22.8 Å². The van der Waals surface area contributed by atoms with Crippen LogP contribution in [0.25, 0.3) is 10.2 Å². The minimum atomic E-state index is -2.92. The quantitative estimate of drug-likeness (QED) is 0.393. The van der Waals surface area contributed by atoms with Gasteiger partial charge in [0.05, 0.1) is 12.5 Å². The molecule has 0 radical (unpaired) electrons. The smallest absolute Gasteiger partial charge is 0.387 e. The lowest BCUT2D eigenvalue weighted by Gasteiger charge is -2.12. The van der Waals surface area contributed by atoms with Crippen LogP contribution in [0.15, 0.2) is 28.2 Å². The number of fused-ring (bicyclic) bond motifs is 1. The topological polar surface area (TPSA) is 53.4 Å². The summed E-state index contributed by atoms with van der Waals surface area (Å²) >= 11 is 2.94. The SMILES string of the molecule is CCn1c(SCc2ccc(OC(F)F)c(OC)c2)nc2sc(C)c(C)c2c1=O. The molecular weight excluding hydrogens is 406 g/mol. The highest BCUT2D eigenvalue weighted by molar-refractivity contribution is 7.98. The largest absolute Gasteiger partial charge is 0.493 e. The number of aryl methyl sites for hydroxylation is 2. The average Bonchev–Trinajstić information content (AvgIpc) is 2.94. The maximum Gasteiger partial charge on any atom is 0.387 e. The number of benzene rings is 1. The van der Waals surface area contributed by atoms with Crippen molar-refractivity contribution < 1.29 is 18.3 Å². The zero-order valence-electron chi connectivity index (χ0n) is 15.9. The van der Waals surface area contributed by atoms with Crippen LogP contribution in [0.5, 0.6) is 11.5 Å². The molecule has 150 valence electrons. The van der Waals surface area contributed by atoms with E-state index in [2.05, 4.69) is 4.74 Å². The molecule has 0 N–H and O–H groups in total. The van der Waals surface area contributed by atoms with E-state index < -0.39 is 6.61 Å². The summed E-state index contributed by atoms with van der Waals surface area (Å²) in [4.78, 5) is 19.4. The normalized spacial score (nSPS) is 11.4. The minimum absolute atomic E-state index is 0.0132. The molecule has 0 amide bonds. The monoisotopic (exact) mass is 426 g/mol. The van der Waals surface area contributed by atoms with E-state index in [4.69, 9.17) is 9.72 Å². The van der Waals surface area contributed by atoms with E-state index in [1.54, 1.807) is 16.7 Å². The van der Waals surface area contributed by atoms with Crippen LogP contribution in [0, 0.1) is 13.8 Å². The van der Waals surface area contributed by atoms with E-state index in [1.165, 1.54) is 36.3 Å². The second-order valence-electron chi connectivity index (χ2n) is 6.06. The maximum absolute atomic E-state index is 12.9. The second kappa shape index (κ2) is 8.48. The summed E-state index contributed by atoms with van der Waals surface area (Å²) in [5.41, 5.74) is 1.80. The number of thioether (sulfide) groups is 1. The van der Waals surface area contributed by atoms with Gasteiger partial charge in [-0.25, -0.2) is 4.98 Å². The summed E-state index contributed by atoms with van der Waals surface area (Å²) < 4.78 is 36.2. The van der Waals surface area contributed by atoms with Crippen molar-refractivity contribution in [3.05, 3.63) is 44.6 Å². The van der Waals surface area contributed by atoms with Crippen molar-refractivity contribution in [1.82, 2.24) is 9.55 Å². The Morgan fingerprint density at radius 3 is 2.68 bits per heavy atom. The fraction of sp³-hybridized carbons (Fsp3) is 0.368. The lowest BCUT2D eigenvalue weighted by Crippen LogP contribution is -2.22. The third kappa shape index (κ3) is 4.00. The summed E-state index contributed by atoms with van der Waals surface area (Å²) in [7, 11) is 1.40. The summed E-state index contributed by atoms with van der Waals surface area (Å²) in [6.45, 7) is 3.44. The van der Waals surface area contributed by atoms with E-state index in [0.717, 1.165) is 20.8 Å². The van der Waals surface area contributed by atoms with Crippen LogP contribution in [-0.2, 0) is 12.3 Å². The summed E-state index contributed by atoms with van der Waals surface area (Å²) in [5.74, 6) is 0.729. The van der Waals surface area contributed by atoms with Gasteiger partial charge in [0.25, 0.3) is 5.56 Å². The zero-order chi connectivity index (χ0) is 20.4. The van der Waals surface area contributed by atoms with E-state index >= 15 is 0 Å². The third-order valence-corrected chi connectivity index (χ3v) is 6.53. The number of nitrogens with zero attached hydrogens (tertiary/aromatic N) is 2. The third-order valence-electron chi connectivity index (χ3n) is 4.38. The Morgan fingerprint density at radius 1 is 1.29 bits per heavy atom. The number of thiophene rings is 1. The van der Waals surface area contributed by atoms with Gasteiger partial charge in [0.2, 0.25) is 0 Å². The fourth-order valence-corrected chi connectivity index (χ4v) is 4.92. The van der Waals surface area contributed by atoms with E-state index in [9.17, 15) is 13.6 Å². The van der Waals surface area contributed by atoms with Crippen molar-refractivity contribution in [2.24, 2.45) is 0 Å². The molecule has 5 nitrogen and oxygen atoms in total. The van der Waals surface area contributed by atoms with Gasteiger partial charge in [0.15, 0.2) is 16.7 Å². The molecule has 0 saturated carbocycles. The van der Waals surface area contributed by atoms with Crippen LogP contribution in [0.3, 0.4) is 0 Å². The molecule has 3 rings (SSSR count). The highest BCUT2D eigenvalue weighted by Gasteiger charge is 2.17. The number of methoxy groups -OCH3 is 1. The molecule has 0 aliphatic rings. The van der Waals surface area contributed by atoms with Crippen LogP contribution in [0.1, 0.15) is 22.9 Å². The molecule has 9 heteroatoms. The maximum atomic E-state index is 12.9. The molecule has 3 aromatic rings. The van der Waals surface area contributed by atoms with Crippen LogP contribution >= 0.6 is 23.1 Å². The number of alkyl halides is 2. The standard InChI is InChI=1S/C19H20F2N2O3S2/c1-5-23-17(24)15-10(2)11(3)28-16(15)22-19(23)27-9-12-6-7-13(26-18(20)21)14(8-12)25-4/h6-8,18H,5,9H2,1-4H3. The van der Waals surface area contributed by atoms with Crippen molar-refractivity contribution in [2.75, 3.05) is 7.11 Å². The lowest BCUT2D eigenvalue weighted by molar-refractivity contribution is -0.0512. The minimum Gasteiger partial charge on any atom is -0.493 e. The predicted molar refractivity (Wildman–Crippen MR) is 108 cm³/mol. The fourth-order valence-electron chi connectivity index (χ4n) is 2.84. The zero-order valence-corrected chi connectivity index (χ0v) is 17.5. The van der Waals surface area contributed by atoms with Gasteiger partial charge in [-0.15, -0.1) is 11.3 Å². The number of aromatic nitrogens is 2. The van der Waals surface area contributed by atoms with Gasteiger partial charge in [0, 0.05) is 17.2 Å². The second-order valence-corrected chi connectivity index (χ2v) is 8.21. The molecule has 0 aliphatic carbocycles. The van der Waals surface area contributed by atoms with Crippen LogP contribution in [0.4, 0.5) is 8.78 Å². The Labute approximate surface area is 169 Å². The van der Waals surface area contributed by atoms with Crippen LogP contribution in [-0.4, -0.2) is 23.3 Å². The molecule has 2 aromatic heterocycles. The summed E-state index contributed by atoms with van der Waals surface area (Å²) in [6.07, 6.45) is 0. The Balaban J connectivity index is 1.90. The first-order chi connectivity index (χ1) is 13.3. The van der Waals surface area contributed by atoms with Crippen molar-refractivity contribution in [3.8, 4) is 11.5 Å². The van der Waals surface area contributed by atoms with Gasteiger partial charge in [-0.05, 0) is 44.0 Å². The van der Waals surface area contributed by atoms with Gasteiger partial charge in [-0.1, -0.05) is 17.8 Å². The Hall–Kier alpha value is -2.13. The first-order valence-corrected chi connectivity index (χ1v) is 10.4. The molecule has 2 heterocycles. The lowest BCUT2D eigenvalue weighted by atomic mass is 10.2. The Kier molecular flexibility index (Phi) is 6.24. The van der Waals surface area contributed by atoms with E-state index in [-0.39, 0.29) is 17.1 Å².